The predicted molar refractivity (Wildman–Crippen MR) is 185 cm³/mol. The summed E-state index contributed by atoms with van der Waals surface area (Å²) in [7, 11) is 0. The Morgan fingerprint density at radius 3 is 2.54 bits per heavy atom. The molecule has 52 heavy (non-hydrogen) atoms. The van der Waals surface area contributed by atoms with Crippen molar-refractivity contribution in [1.82, 2.24) is 15.7 Å². The molecule has 2 aromatic rings. The number of aliphatic hydroxyl groups is 1. The fraction of sp³-hybridized carbons (Fsp3) is 0.526. The Labute approximate surface area is 302 Å². The molecule has 0 radical (unpaired) electrons. The number of ether oxygens (including phenoxy) is 4. The SMILES string of the molecule is CC(C)(C)OC(=O)CC[C@@H](CO)NC(=O)CCNC(=O)[C@@]12C[C@H]3OC(=O)[C@@H]1N(Cc1ccccc1C=CCc1ccccc1O)O[C@@H]2[C@H]1OCO[C@H]13. The Hall–Kier alpha value is -4.34. The zero-order valence-corrected chi connectivity index (χ0v) is 29.6. The van der Waals surface area contributed by atoms with Gasteiger partial charge in [0.05, 0.1) is 19.2 Å². The van der Waals surface area contributed by atoms with Gasteiger partial charge < -0.3 is 39.8 Å². The second kappa shape index (κ2) is 15.7. The number of amides is 2. The number of fused-ring (bicyclic) bond motifs is 4. The van der Waals surface area contributed by atoms with Gasteiger partial charge in [0.25, 0.3) is 0 Å². The van der Waals surface area contributed by atoms with Crippen LogP contribution in [-0.4, -0.2) is 101 Å². The Kier molecular flexibility index (Phi) is 11.3. The lowest BCUT2D eigenvalue weighted by Gasteiger charge is -2.48. The van der Waals surface area contributed by atoms with E-state index in [-0.39, 0.29) is 57.9 Å². The first-order valence-corrected chi connectivity index (χ1v) is 17.7. The van der Waals surface area contributed by atoms with E-state index in [1.165, 1.54) is 5.06 Å². The molecule has 2 bridgehead atoms. The molecule has 0 spiro atoms. The summed E-state index contributed by atoms with van der Waals surface area (Å²) in [5.41, 5.74) is 0.460. The number of rotatable bonds is 14. The number of phenolic OH excluding ortho intramolecular Hbond substituents is 1. The second-order valence-electron chi connectivity index (χ2n) is 14.6. The molecule has 0 aromatic heterocycles. The lowest BCUT2D eigenvalue weighted by molar-refractivity contribution is -0.201. The number of para-hydroxylation sites is 1. The molecule has 4 N–H and O–H groups in total. The molecule has 14 heteroatoms. The Morgan fingerprint density at radius 2 is 1.79 bits per heavy atom. The predicted octanol–water partition coefficient (Wildman–Crippen LogP) is 2.29. The first-order valence-electron chi connectivity index (χ1n) is 17.7. The number of nitrogens with zero attached hydrogens (tertiary/aromatic N) is 1. The van der Waals surface area contributed by atoms with Crippen molar-refractivity contribution in [3.63, 3.8) is 0 Å². The third-order valence-corrected chi connectivity index (χ3v) is 9.84. The zero-order chi connectivity index (χ0) is 37.0. The average Bonchev–Trinajstić information content (AvgIpc) is 3.72. The molecule has 1 aliphatic carbocycles. The monoisotopic (exact) mass is 721 g/mol. The van der Waals surface area contributed by atoms with E-state index in [0.717, 1.165) is 16.7 Å². The zero-order valence-electron chi connectivity index (χ0n) is 29.6. The van der Waals surface area contributed by atoms with Crippen molar-refractivity contribution in [2.24, 2.45) is 5.41 Å². The number of esters is 2. The summed E-state index contributed by atoms with van der Waals surface area (Å²) in [5.74, 6) is -1.71. The highest BCUT2D eigenvalue weighted by Gasteiger charge is 2.74. The van der Waals surface area contributed by atoms with E-state index in [2.05, 4.69) is 10.6 Å². The number of allylic oxidation sites excluding steroid dienone is 1. The summed E-state index contributed by atoms with van der Waals surface area (Å²) in [6.45, 7) is 4.98. The number of hydrogen-bond acceptors (Lipinski definition) is 12. The molecule has 3 aliphatic heterocycles. The van der Waals surface area contributed by atoms with E-state index in [9.17, 15) is 29.4 Å². The molecule has 3 saturated heterocycles. The molecule has 4 aliphatic rings. The Balaban J connectivity index is 1.14. The lowest BCUT2D eigenvalue weighted by Crippen LogP contribution is -2.69. The third kappa shape index (κ3) is 8.01. The second-order valence-corrected chi connectivity index (χ2v) is 14.6. The Morgan fingerprint density at radius 1 is 1.06 bits per heavy atom. The van der Waals surface area contributed by atoms with Crippen LogP contribution in [0.25, 0.3) is 6.08 Å². The van der Waals surface area contributed by atoms with Gasteiger partial charge in [-0.1, -0.05) is 54.6 Å². The molecule has 4 fully saturated rings. The molecule has 2 aromatic carbocycles. The topological polar surface area (TPSA) is 182 Å². The summed E-state index contributed by atoms with van der Waals surface area (Å²) in [6.07, 6.45) is 1.80. The molecular weight excluding hydrogens is 674 g/mol. The third-order valence-electron chi connectivity index (χ3n) is 9.84. The van der Waals surface area contributed by atoms with Crippen LogP contribution < -0.4 is 10.6 Å². The van der Waals surface area contributed by atoms with E-state index in [1.807, 2.05) is 48.6 Å². The fourth-order valence-corrected chi connectivity index (χ4v) is 7.49. The van der Waals surface area contributed by atoms with Gasteiger partial charge in [0, 0.05) is 25.8 Å². The number of benzene rings is 2. The summed E-state index contributed by atoms with van der Waals surface area (Å²) in [6, 6.07) is 13.0. The quantitative estimate of drug-likeness (QED) is 0.209. The smallest absolute Gasteiger partial charge is 0.327 e. The molecule has 1 saturated carbocycles. The summed E-state index contributed by atoms with van der Waals surface area (Å²) < 4.78 is 22.9. The number of aromatic hydroxyl groups is 1. The molecular formula is C38H47N3O11. The van der Waals surface area contributed by atoms with Crippen molar-refractivity contribution in [2.45, 2.75) is 102 Å². The van der Waals surface area contributed by atoms with E-state index in [1.54, 1.807) is 32.9 Å². The van der Waals surface area contributed by atoms with Crippen LogP contribution in [0.2, 0.25) is 0 Å². The maximum Gasteiger partial charge on any atom is 0.327 e. The number of hydroxylamine groups is 2. The van der Waals surface area contributed by atoms with Crippen LogP contribution in [0.3, 0.4) is 0 Å². The van der Waals surface area contributed by atoms with Crippen LogP contribution in [0, 0.1) is 5.41 Å². The number of aliphatic hydroxyl groups excluding tert-OH is 1. The van der Waals surface area contributed by atoms with E-state index >= 15 is 0 Å². The van der Waals surface area contributed by atoms with Gasteiger partial charge in [-0.05, 0) is 56.4 Å². The highest BCUT2D eigenvalue weighted by Crippen LogP contribution is 2.55. The minimum atomic E-state index is -1.39. The van der Waals surface area contributed by atoms with Crippen molar-refractivity contribution in [3.05, 3.63) is 71.3 Å². The minimum absolute atomic E-state index is 0.0194. The van der Waals surface area contributed by atoms with Crippen LogP contribution >= 0.6 is 0 Å². The van der Waals surface area contributed by atoms with Gasteiger partial charge in [0.15, 0.2) is 6.04 Å². The van der Waals surface area contributed by atoms with Gasteiger partial charge in [0.2, 0.25) is 11.8 Å². The molecule has 14 nitrogen and oxygen atoms in total. The van der Waals surface area contributed by atoms with Crippen molar-refractivity contribution in [2.75, 3.05) is 19.9 Å². The molecule has 3 heterocycles. The van der Waals surface area contributed by atoms with Crippen LogP contribution in [0.15, 0.2) is 54.6 Å². The maximum atomic E-state index is 14.3. The van der Waals surface area contributed by atoms with E-state index in [0.29, 0.717) is 6.42 Å². The van der Waals surface area contributed by atoms with E-state index < -0.39 is 71.3 Å². The average molecular weight is 722 g/mol. The lowest BCUT2D eigenvalue weighted by atomic mass is 9.62. The van der Waals surface area contributed by atoms with Gasteiger partial charge in [-0.2, -0.15) is 5.06 Å². The van der Waals surface area contributed by atoms with Gasteiger partial charge in [-0.25, -0.2) is 0 Å². The first-order chi connectivity index (χ1) is 24.9. The molecule has 2 amide bonds. The first kappa shape index (κ1) is 37.4. The highest BCUT2D eigenvalue weighted by atomic mass is 16.8. The maximum absolute atomic E-state index is 14.3. The van der Waals surface area contributed by atoms with Crippen molar-refractivity contribution in [3.8, 4) is 5.75 Å². The summed E-state index contributed by atoms with van der Waals surface area (Å²) in [4.78, 5) is 59.4. The van der Waals surface area contributed by atoms with Gasteiger partial charge in [-0.15, -0.1) is 0 Å². The molecule has 6 rings (SSSR count). The number of phenols is 1. The van der Waals surface area contributed by atoms with E-state index in [4.69, 9.17) is 23.8 Å². The summed E-state index contributed by atoms with van der Waals surface area (Å²) >= 11 is 0. The minimum Gasteiger partial charge on any atom is -0.508 e. The molecule has 0 unspecified atom stereocenters. The number of hydrogen-bond donors (Lipinski definition) is 4. The van der Waals surface area contributed by atoms with Crippen LogP contribution in [0.4, 0.5) is 0 Å². The molecule has 7 atom stereocenters. The van der Waals surface area contributed by atoms with Gasteiger partial charge in [-0.3, -0.25) is 24.0 Å². The van der Waals surface area contributed by atoms with Crippen molar-refractivity contribution < 1.29 is 53.2 Å². The normalized spacial score (nSPS) is 27.2. The van der Waals surface area contributed by atoms with Gasteiger partial charge in [0.1, 0.15) is 48.0 Å². The fourth-order valence-electron chi connectivity index (χ4n) is 7.49. The van der Waals surface area contributed by atoms with Crippen LogP contribution in [0.5, 0.6) is 5.75 Å². The molecule has 280 valence electrons. The summed E-state index contributed by atoms with van der Waals surface area (Å²) in [5, 5.41) is 27.0. The van der Waals surface area contributed by atoms with Crippen molar-refractivity contribution >= 4 is 29.8 Å². The standard InChI is InChI=1S/C38H47N3O11/c1-37(2,3)51-30(45)16-15-26(21-42)40-29(44)17-18-39-36(47)38-19-28-31-32(49-22-48-31)34(38)52-41(33(38)35(46)50-28)20-25-11-5-4-9-23(25)12-8-13-24-10-6-7-14-27(24)43/h4-12,14,26,28,31-34,42-43H,13,15-22H2,1-3H3,(H,39,47)(H,40,44)/t26-,28+,31-,32-,33-,34+,38-/m0/s1. The number of carbonyl (C=O) groups excluding carboxylic acids is 4. The van der Waals surface area contributed by atoms with Crippen LogP contribution in [0.1, 0.15) is 63.1 Å². The Bertz CT molecular complexity index is 1680. The van der Waals surface area contributed by atoms with Crippen molar-refractivity contribution in [1.29, 1.82) is 0 Å². The largest absolute Gasteiger partial charge is 0.508 e. The number of nitrogens with one attached hydrogen (secondary N) is 2. The highest BCUT2D eigenvalue weighted by molar-refractivity contribution is 5.94. The number of carbonyl (C=O) groups is 4. The van der Waals surface area contributed by atoms with Gasteiger partial charge >= 0.3 is 11.9 Å². The van der Waals surface area contributed by atoms with Crippen LogP contribution in [-0.2, 0) is 55.9 Å².